The fourth-order valence-corrected chi connectivity index (χ4v) is 3.18. The molecule has 0 radical (unpaired) electrons. The lowest BCUT2D eigenvalue weighted by Gasteiger charge is -2.27. The van der Waals surface area contributed by atoms with Crippen LogP contribution in [0.4, 0.5) is 0 Å². The van der Waals surface area contributed by atoms with Crippen LogP contribution in [0.25, 0.3) is 0 Å². The molecular weight excluding hydrogens is 290 g/mol. The lowest BCUT2D eigenvalue weighted by atomic mass is 9.93. The second-order valence-electron chi connectivity index (χ2n) is 6.60. The van der Waals surface area contributed by atoms with E-state index in [9.17, 15) is 4.79 Å². The Hall–Kier alpha value is -2.11. The fourth-order valence-electron chi connectivity index (χ4n) is 3.18. The lowest BCUT2D eigenvalue weighted by Crippen LogP contribution is -2.36. The molecule has 124 valence electrons. The number of carbonyl (C=O) groups is 1. The van der Waals surface area contributed by atoms with E-state index >= 15 is 0 Å². The van der Waals surface area contributed by atoms with Gasteiger partial charge in [0.25, 0.3) is 5.91 Å². The van der Waals surface area contributed by atoms with Gasteiger partial charge in [-0.1, -0.05) is 0 Å². The molecule has 6 nitrogen and oxygen atoms in total. The van der Waals surface area contributed by atoms with E-state index in [0.717, 1.165) is 30.7 Å². The minimum Gasteiger partial charge on any atom is -0.348 e. The van der Waals surface area contributed by atoms with Crippen molar-refractivity contribution < 1.29 is 4.79 Å². The summed E-state index contributed by atoms with van der Waals surface area (Å²) in [4.78, 5) is 12.6. The van der Waals surface area contributed by atoms with Gasteiger partial charge in [-0.05, 0) is 58.1 Å². The molecule has 0 aliphatic heterocycles. The summed E-state index contributed by atoms with van der Waals surface area (Å²) in [7, 11) is 1.95. The molecule has 2 aromatic heterocycles. The van der Waals surface area contributed by atoms with Gasteiger partial charge in [0, 0.05) is 25.0 Å². The first-order valence-electron chi connectivity index (χ1n) is 8.30. The maximum Gasteiger partial charge on any atom is 0.269 e. The molecule has 0 saturated heterocycles. The first kappa shape index (κ1) is 15.8. The monoisotopic (exact) mass is 315 g/mol. The van der Waals surface area contributed by atoms with Crippen molar-refractivity contribution >= 4 is 5.91 Å². The van der Waals surface area contributed by atoms with Gasteiger partial charge in [0.15, 0.2) is 0 Å². The van der Waals surface area contributed by atoms with E-state index in [1.54, 1.807) is 12.3 Å². The molecule has 1 saturated carbocycles. The normalized spacial score (nSPS) is 16.2. The van der Waals surface area contributed by atoms with Crippen molar-refractivity contribution in [3.05, 3.63) is 34.9 Å². The van der Waals surface area contributed by atoms with Crippen LogP contribution in [-0.4, -0.2) is 31.5 Å². The highest BCUT2D eigenvalue weighted by Crippen LogP contribution is 2.31. The van der Waals surface area contributed by atoms with E-state index < -0.39 is 0 Å². The minimum absolute atomic E-state index is 0.0407. The molecular formula is C17H25N5O. The molecule has 2 heterocycles. The van der Waals surface area contributed by atoms with Crippen LogP contribution in [-0.2, 0) is 13.5 Å². The summed E-state index contributed by atoms with van der Waals surface area (Å²) in [6.45, 7) is 6.12. The molecule has 23 heavy (non-hydrogen) atoms. The van der Waals surface area contributed by atoms with Crippen LogP contribution in [0.15, 0.2) is 12.3 Å². The third kappa shape index (κ3) is 3.02. The Morgan fingerprint density at radius 3 is 2.74 bits per heavy atom. The summed E-state index contributed by atoms with van der Waals surface area (Å²) in [6, 6.07) is 2.25. The Balaban J connectivity index is 1.67. The van der Waals surface area contributed by atoms with Gasteiger partial charge in [-0.25, -0.2) is 0 Å². The molecule has 6 heteroatoms. The van der Waals surface area contributed by atoms with Gasteiger partial charge in [0.2, 0.25) is 0 Å². The van der Waals surface area contributed by atoms with E-state index in [-0.39, 0.29) is 11.9 Å². The van der Waals surface area contributed by atoms with Crippen LogP contribution in [0.3, 0.4) is 0 Å². The minimum atomic E-state index is -0.0407. The highest BCUT2D eigenvalue weighted by Gasteiger charge is 2.25. The number of rotatable bonds is 5. The standard InChI is InChI=1S/C17H25N5O/c1-11(10-15-12(2)20-21(4)13(15)3)19-17(23)16-8-9-18-22(16)14-6-5-7-14/h8-9,11,14H,5-7,10H2,1-4H3,(H,19,23). The van der Waals surface area contributed by atoms with Crippen molar-refractivity contribution in [3.8, 4) is 0 Å². The third-order valence-corrected chi connectivity index (χ3v) is 4.87. The Labute approximate surface area is 136 Å². The summed E-state index contributed by atoms with van der Waals surface area (Å²) in [5.74, 6) is -0.0407. The largest absolute Gasteiger partial charge is 0.348 e. The molecule has 1 amide bonds. The zero-order chi connectivity index (χ0) is 16.6. The fraction of sp³-hybridized carbons (Fsp3) is 0.588. The summed E-state index contributed by atoms with van der Waals surface area (Å²) < 4.78 is 3.77. The number of hydrogen-bond donors (Lipinski definition) is 1. The molecule has 3 rings (SSSR count). The quantitative estimate of drug-likeness (QED) is 0.921. The molecule has 1 atom stereocenters. The van der Waals surface area contributed by atoms with Gasteiger partial charge < -0.3 is 5.32 Å². The topological polar surface area (TPSA) is 64.7 Å². The first-order chi connectivity index (χ1) is 11.0. The number of aromatic nitrogens is 4. The number of aryl methyl sites for hydroxylation is 2. The Kier molecular flexibility index (Phi) is 4.24. The molecule has 1 N–H and O–H groups in total. The summed E-state index contributed by atoms with van der Waals surface area (Å²) in [5, 5.41) is 11.9. The molecule has 0 spiro atoms. The van der Waals surface area contributed by atoms with Crippen LogP contribution in [0.1, 0.15) is 59.7 Å². The lowest BCUT2D eigenvalue weighted by molar-refractivity contribution is 0.0921. The van der Waals surface area contributed by atoms with Gasteiger partial charge in [0.05, 0.1) is 11.7 Å². The highest BCUT2D eigenvalue weighted by atomic mass is 16.2. The summed E-state index contributed by atoms with van der Waals surface area (Å²) in [5.41, 5.74) is 4.07. The van der Waals surface area contributed by atoms with Crippen molar-refractivity contribution in [2.24, 2.45) is 7.05 Å². The maximum atomic E-state index is 12.6. The van der Waals surface area contributed by atoms with Gasteiger partial charge in [-0.15, -0.1) is 0 Å². The molecule has 2 aromatic rings. The number of nitrogens with one attached hydrogen (secondary N) is 1. The predicted octanol–water partition coefficient (Wildman–Crippen LogP) is 2.32. The van der Waals surface area contributed by atoms with Crippen LogP contribution < -0.4 is 5.32 Å². The van der Waals surface area contributed by atoms with Crippen molar-refractivity contribution in [3.63, 3.8) is 0 Å². The van der Waals surface area contributed by atoms with Crippen LogP contribution >= 0.6 is 0 Å². The van der Waals surface area contributed by atoms with Crippen molar-refractivity contribution in [2.45, 2.75) is 58.5 Å². The molecule has 0 bridgehead atoms. The third-order valence-electron chi connectivity index (χ3n) is 4.87. The maximum absolute atomic E-state index is 12.6. The average molecular weight is 315 g/mol. The van der Waals surface area contributed by atoms with Crippen LogP contribution in [0, 0.1) is 13.8 Å². The average Bonchev–Trinajstić information content (AvgIpc) is 2.98. The molecule has 1 aliphatic rings. The second-order valence-corrected chi connectivity index (χ2v) is 6.60. The van der Waals surface area contributed by atoms with E-state index in [1.165, 1.54) is 12.0 Å². The Bertz CT molecular complexity index is 711. The van der Waals surface area contributed by atoms with Crippen LogP contribution in [0.2, 0.25) is 0 Å². The summed E-state index contributed by atoms with van der Waals surface area (Å²) in [6.07, 6.45) is 5.96. The molecule has 0 aromatic carbocycles. The highest BCUT2D eigenvalue weighted by molar-refractivity contribution is 5.92. The van der Waals surface area contributed by atoms with Gasteiger partial charge in [0.1, 0.15) is 5.69 Å². The number of amides is 1. The van der Waals surface area contributed by atoms with E-state index in [1.807, 2.05) is 30.3 Å². The van der Waals surface area contributed by atoms with E-state index in [0.29, 0.717) is 11.7 Å². The van der Waals surface area contributed by atoms with Gasteiger partial charge in [-0.3, -0.25) is 14.2 Å². The predicted molar refractivity (Wildman–Crippen MR) is 88.4 cm³/mol. The number of hydrogen-bond acceptors (Lipinski definition) is 3. The Morgan fingerprint density at radius 2 is 2.17 bits per heavy atom. The molecule has 1 aliphatic carbocycles. The number of nitrogens with zero attached hydrogens (tertiary/aromatic N) is 4. The number of carbonyl (C=O) groups excluding carboxylic acids is 1. The van der Waals surface area contributed by atoms with Crippen molar-refractivity contribution in [1.29, 1.82) is 0 Å². The van der Waals surface area contributed by atoms with Gasteiger partial charge >= 0.3 is 0 Å². The van der Waals surface area contributed by atoms with E-state index in [2.05, 4.69) is 22.4 Å². The summed E-state index contributed by atoms with van der Waals surface area (Å²) >= 11 is 0. The molecule has 1 unspecified atom stereocenters. The first-order valence-corrected chi connectivity index (χ1v) is 8.30. The second kappa shape index (κ2) is 6.18. The van der Waals surface area contributed by atoms with Crippen molar-refractivity contribution in [1.82, 2.24) is 24.9 Å². The Morgan fingerprint density at radius 1 is 1.43 bits per heavy atom. The zero-order valence-electron chi connectivity index (χ0n) is 14.3. The van der Waals surface area contributed by atoms with Crippen molar-refractivity contribution in [2.75, 3.05) is 0 Å². The van der Waals surface area contributed by atoms with E-state index in [4.69, 9.17) is 0 Å². The zero-order valence-corrected chi connectivity index (χ0v) is 14.3. The van der Waals surface area contributed by atoms with Crippen LogP contribution in [0.5, 0.6) is 0 Å². The SMILES string of the molecule is Cc1nn(C)c(C)c1CC(C)NC(=O)c1ccnn1C1CCC1. The van der Waals surface area contributed by atoms with Gasteiger partial charge in [-0.2, -0.15) is 10.2 Å². The smallest absolute Gasteiger partial charge is 0.269 e. The molecule has 1 fully saturated rings.